The number of piperidine rings is 1. The zero-order valence-corrected chi connectivity index (χ0v) is 14.6. The van der Waals surface area contributed by atoms with Gasteiger partial charge in [-0.1, -0.05) is 32.4 Å². The molecule has 1 unspecified atom stereocenters. The van der Waals surface area contributed by atoms with Crippen LogP contribution in [0.1, 0.15) is 45.0 Å². The first kappa shape index (κ1) is 16.8. The molecule has 0 aliphatic carbocycles. The van der Waals surface area contributed by atoms with Crippen molar-refractivity contribution in [1.82, 2.24) is 20.0 Å². The van der Waals surface area contributed by atoms with Gasteiger partial charge in [0.25, 0.3) is 0 Å². The Morgan fingerprint density at radius 1 is 1.43 bits per heavy atom. The van der Waals surface area contributed by atoms with Crippen molar-refractivity contribution in [3.63, 3.8) is 0 Å². The van der Waals surface area contributed by atoms with Gasteiger partial charge in [-0.15, -0.1) is 0 Å². The Morgan fingerprint density at radius 3 is 2.81 bits per heavy atom. The Balaban J connectivity index is 1.95. The second kappa shape index (κ2) is 7.61. The molecule has 0 radical (unpaired) electrons. The van der Waals surface area contributed by atoms with Crippen molar-refractivity contribution >= 4 is 11.6 Å². The zero-order chi connectivity index (χ0) is 15.4. The summed E-state index contributed by atoms with van der Waals surface area (Å²) in [6, 6.07) is 0.569. The van der Waals surface area contributed by atoms with E-state index in [9.17, 15) is 0 Å². The summed E-state index contributed by atoms with van der Waals surface area (Å²) in [5.74, 6) is 0.749. The van der Waals surface area contributed by atoms with E-state index in [1.165, 1.54) is 19.4 Å². The predicted octanol–water partition coefficient (Wildman–Crippen LogP) is 2.85. The predicted molar refractivity (Wildman–Crippen MR) is 88.7 cm³/mol. The lowest BCUT2D eigenvalue weighted by molar-refractivity contribution is 0.160. The van der Waals surface area contributed by atoms with Crippen molar-refractivity contribution in [2.24, 2.45) is 13.0 Å². The van der Waals surface area contributed by atoms with Gasteiger partial charge in [-0.25, -0.2) is 0 Å². The summed E-state index contributed by atoms with van der Waals surface area (Å²) >= 11 is 6.47. The van der Waals surface area contributed by atoms with Gasteiger partial charge >= 0.3 is 0 Å². The van der Waals surface area contributed by atoms with Crippen molar-refractivity contribution in [3.05, 3.63) is 16.4 Å². The van der Waals surface area contributed by atoms with Crippen LogP contribution in [0.25, 0.3) is 0 Å². The van der Waals surface area contributed by atoms with Crippen molar-refractivity contribution in [2.45, 2.75) is 52.6 Å². The molecule has 0 bridgehead atoms. The minimum atomic E-state index is 0.569. The summed E-state index contributed by atoms with van der Waals surface area (Å²) in [6.07, 6.45) is 3.50. The summed E-state index contributed by atoms with van der Waals surface area (Å²) in [4.78, 5) is 2.53. The molecule has 2 heterocycles. The average molecular weight is 313 g/mol. The fraction of sp³-hybridized carbons (Fsp3) is 0.812. The van der Waals surface area contributed by atoms with Gasteiger partial charge in [0, 0.05) is 26.2 Å². The third kappa shape index (κ3) is 4.44. The first-order valence-corrected chi connectivity index (χ1v) is 8.55. The normalized spacial score (nSPS) is 20.4. The quantitative estimate of drug-likeness (QED) is 0.877. The Morgan fingerprint density at radius 2 is 2.19 bits per heavy atom. The van der Waals surface area contributed by atoms with Crippen molar-refractivity contribution < 1.29 is 0 Å². The van der Waals surface area contributed by atoms with Crippen LogP contribution in [0.15, 0.2) is 0 Å². The molecule has 1 fully saturated rings. The number of halogens is 1. The molecular formula is C16H29ClN4. The lowest BCUT2D eigenvalue weighted by Gasteiger charge is -2.33. The van der Waals surface area contributed by atoms with Crippen molar-refractivity contribution in [1.29, 1.82) is 0 Å². The highest BCUT2D eigenvalue weighted by Crippen LogP contribution is 2.24. The highest BCUT2D eigenvalue weighted by molar-refractivity contribution is 6.31. The van der Waals surface area contributed by atoms with Gasteiger partial charge in [0.05, 0.1) is 16.4 Å². The average Bonchev–Trinajstić information content (AvgIpc) is 2.73. The van der Waals surface area contributed by atoms with Gasteiger partial charge < -0.3 is 5.32 Å². The minimum Gasteiger partial charge on any atom is -0.314 e. The third-order valence-corrected chi connectivity index (χ3v) is 4.73. The topological polar surface area (TPSA) is 33.1 Å². The van der Waals surface area contributed by atoms with Gasteiger partial charge in [-0.05, 0) is 38.3 Å². The number of nitrogens with zero attached hydrogens (tertiary/aromatic N) is 3. The molecule has 21 heavy (non-hydrogen) atoms. The monoisotopic (exact) mass is 312 g/mol. The van der Waals surface area contributed by atoms with Crippen LogP contribution < -0.4 is 5.32 Å². The van der Waals surface area contributed by atoms with Crippen LogP contribution in [-0.4, -0.2) is 40.4 Å². The minimum absolute atomic E-state index is 0.569. The van der Waals surface area contributed by atoms with E-state index in [4.69, 9.17) is 11.6 Å². The van der Waals surface area contributed by atoms with Gasteiger partial charge in [0.2, 0.25) is 0 Å². The summed E-state index contributed by atoms with van der Waals surface area (Å²) in [7, 11) is 2.00. The Labute approximate surface area is 133 Å². The van der Waals surface area contributed by atoms with E-state index < -0.39 is 0 Å². The first-order valence-electron chi connectivity index (χ1n) is 8.17. The lowest BCUT2D eigenvalue weighted by atomic mass is 9.97. The van der Waals surface area contributed by atoms with Crippen LogP contribution >= 0.6 is 11.6 Å². The van der Waals surface area contributed by atoms with E-state index >= 15 is 0 Å². The van der Waals surface area contributed by atoms with Gasteiger partial charge in [0.15, 0.2) is 0 Å². The smallest absolute Gasteiger partial charge is 0.0863 e. The highest BCUT2D eigenvalue weighted by Gasteiger charge is 2.22. The van der Waals surface area contributed by atoms with Crippen LogP contribution in [0.3, 0.4) is 0 Å². The Bertz CT molecular complexity index is 455. The molecule has 0 spiro atoms. The summed E-state index contributed by atoms with van der Waals surface area (Å²) < 4.78 is 1.96. The number of likely N-dealkylation sites (tertiary alicyclic amines) is 1. The van der Waals surface area contributed by atoms with Crippen molar-refractivity contribution in [2.75, 3.05) is 19.6 Å². The fourth-order valence-corrected chi connectivity index (χ4v) is 3.42. The van der Waals surface area contributed by atoms with Crippen LogP contribution in [0.4, 0.5) is 0 Å². The third-order valence-electron chi connectivity index (χ3n) is 4.29. The van der Waals surface area contributed by atoms with E-state index in [1.807, 2.05) is 11.7 Å². The van der Waals surface area contributed by atoms with E-state index in [1.54, 1.807) is 0 Å². The van der Waals surface area contributed by atoms with Gasteiger partial charge in [-0.3, -0.25) is 9.58 Å². The second-order valence-corrected chi connectivity index (χ2v) is 6.87. The highest BCUT2D eigenvalue weighted by atomic mass is 35.5. The van der Waals surface area contributed by atoms with E-state index in [0.717, 1.165) is 48.4 Å². The molecule has 1 aliphatic rings. The molecule has 120 valence electrons. The SMILES string of the molecule is CCc1nn(C)c(CN2CCCC(CNC(C)C)C2)c1Cl. The number of aryl methyl sites for hydroxylation is 2. The molecule has 0 saturated carbocycles. The first-order chi connectivity index (χ1) is 10.0. The molecule has 2 rings (SSSR count). The van der Waals surface area contributed by atoms with Gasteiger partial charge in [-0.2, -0.15) is 5.10 Å². The molecule has 1 atom stereocenters. The molecule has 0 amide bonds. The lowest BCUT2D eigenvalue weighted by Crippen LogP contribution is -2.40. The Hall–Kier alpha value is -0.580. The largest absolute Gasteiger partial charge is 0.314 e. The molecule has 0 aromatic carbocycles. The Kier molecular flexibility index (Phi) is 6.08. The molecule has 1 aromatic heterocycles. The number of rotatable bonds is 6. The van der Waals surface area contributed by atoms with Crippen LogP contribution in [-0.2, 0) is 20.0 Å². The molecule has 1 aliphatic heterocycles. The summed E-state index contributed by atoms with van der Waals surface area (Å²) in [5.41, 5.74) is 2.18. The second-order valence-electron chi connectivity index (χ2n) is 6.49. The van der Waals surface area contributed by atoms with E-state index in [0.29, 0.717) is 6.04 Å². The van der Waals surface area contributed by atoms with E-state index in [-0.39, 0.29) is 0 Å². The zero-order valence-electron chi connectivity index (χ0n) is 13.8. The number of hydrogen-bond donors (Lipinski definition) is 1. The molecule has 5 heteroatoms. The molecular weight excluding hydrogens is 284 g/mol. The van der Waals surface area contributed by atoms with Crippen LogP contribution in [0.2, 0.25) is 5.02 Å². The fourth-order valence-electron chi connectivity index (χ4n) is 3.07. The van der Waals surface area contributed by atoms with E-state index in [2.05, 4.69) is 36.1 Å². The van der Waals surface area contributed by atoms with Gasteiger partial charge in [0.1, 0.15) is 0 Å². The molecule has 4 nitrogen and oxygen atoms in total. The summed E-state index contributed by atoms with van der Waals surface area (Å²) in [6.45, 7) is 10.9. The van der Waals surface area contributed by atoms with Crippen LogP contribution in [0, 0.1) is 5.92 Å². The number of nitrogens with one attached hydrogen (secondary N) is 1. The maximum absolute atomic E-state index is 6.47. The molecule has 1 saturated heterocycles. The maximum atomic E-state index is 6.47. The molecule has 1 aromatic rings. The standard InChI is InChI=1S/C16H29ClN4/c1-5-14-16(17)15(20(4)19-14)11-21-8-6-7-13(10-21)9-18-12(2)3/h12-13,18H,5-11H2,1-4H3. The van der Waals surface area contributed by atoms with Crippen molar-refractivity contribution in [3.8, 4) is 0 Å². The number of aromatic nitrogens is 2. The number of hydrogen-bond acceptors (Lipinski definition) is 3. The van der Waals surface area contributed by atoms with Crippen LogP contribution in [0.5, 0.6) is 0 Å². The molecule has 1 N–H and O–H groups in total. The maximum Gasteiger partial charge on any atom is 0.0863 e. The summed E-state index contributed by atoms with van der Waals surface area (Å²) in [5, 5.41) is 8.95.